The van der Waals surface area contributed by atoms with Crippen LogP contribution in [0.4, 0.5) is 0 Å². The predicted molar refractivity (Wildman–Crippen MR) is 83.6 cm³/mol. The van der Waals surface area contributed by atoms with Gasteiger partial charge in [0.2, 0.25) is 0 Å². The van der Waals surface area contributed by atoms with E-state index in [1.807, 2.05) is 6.07 Å². The van der Waals surface area contributed by atoms with Gasteiger partial charge in [0.25, 0.3) is 0 Å². The number of nitrogens with zero attached hydrogens (tertiary/aromatic N) is 1. The first-order valence-electron chi connectivity index (χ1n) is 6.34. The van der Waals surface area contributed by atoms with Gasteiger partial charge in [-0.05, 0) is 63.7 Å². The highest BCUT2D eigenvalue weighted by molar-refractivity contribution is 9.12. The average Bonchev–Trinajstić information content (AvgIpc) is 3.10. The van der Waals surface area contributed by atoms with E-state index in [9.17, 15) is 4.79 Å². The molecule has 1 saturated carbocycles. The molecule has 100 valence electrons. The van der Waals surface area contributed by atoms with Crippen LogP contribution in [0.5, 0.6) is 0 Å². The highest BCUT2D eigenvalue weighted by Crippen LogP contribution is 2.33. The molecule has 0 N–H and O–H groups in total. The van der Waals surface area contributed by atoms with E-state index in [1.54, 1.807) is 11.3 Å². The van der Waals surface area contributed by atoms with Crippen LogP contribution in [0.1, 0.15) is 43.0 Å². The molecule has 18 heavy (non-hydrogen) atoms. The molecule has 5 heteroatoms. The summed E-state index contributed by atoms with van der Waals surface area (Å²) in [6.45, 7) is 3.81. The molecule has 0 unspecified atom stereocenters. The second-order valence-electron chi connectivity index (χ2n) is 4.72. The molecule has 1 aliphatic rings. The molecule has 0 spiro atoms. The third-order valence-electron chi connectivity index (χ3n) is 3.17. The standard InChI is InChI=1S/C13H17Br2NOS/c1-2-3-6-16(9-4-5-9)8-11(17)10-7-12(14)18-13(10)15/h7,9H,2-6,8H2,1H3. The first kappa shape index (κ1) is 14.7. The Balaban J connectivity index is 1.98. The molecule has 1 aliphatic carbocycles. The summed E-state index contributed by atoms with van der Waals surface area (Å²) in [5, 5.41) is 0. The molecule has 1 fully saturated rings. The number of hydrogen-bond donors (Lipinski definition) is 0. The number of unbranched alkanes of at least 4 members (excludes halogenated alkanes) is 1. The number of ketones is 1. The predicted octanol–water partition coefficient (Wildman–Crippen LogP) is 4.72. The first-order valence-corrected chi connectivity index (χ1v) is 8.74. The van der Waals surface area contributed by atoms with Crippen LogP contribution in [0.25, 0.3) is 0 Å². The summed E-state index contributed by atoms with van der Waals surface area (Å²) in [6.07, 6.45) is 4.88. The van der Waals surface area contributed by atoms with Crippen LogP contribution in [0.15, 0.2) is 13.6 Å². The van der Waals surface area contributed by atoms with E-state index in [1.165, 1.54) is 25.7 Å². The van der Waals surface area contributed by atoms with Gasteiger partial charge in [-0.25, -0.2) is 0 Å². The number of hydrogen-bond acceptors (Lipinski definition) is 3. The molecule has 1 aromatic rings. The van der Waals surface area contributed by atoms with Gasteiger partial charge in [-0.2, -0.15) is 0 Å². The van der Waals surface area contributed by atoms with Crippen LogP contribution in [0, 0.1) is 0 Å². The fraction of sp³-hybridized carbons (Fsp3) is 0.615. The van der Waals surface area contributed by atoms with Gasteiger partial charge in [0.15, 0.2) is 5.78 Å². The molecule has 0 aromatic carbocycles. The first-order chi connectivity index (χ1) is 8.61. The Labute approximate surface area is 129 Å². The van der Waals surface area contributed by atoms with Gasteiger partial charge >= 0.3 is 0 Å². The Bertz CT molecular complexity index is 429. The zero-order valence-electron chi connectivity index (χ0n) is 10.4. The van der Waals surface area contributed by atoms with E-state index < -0.39 is 0 Å². The molecular weight excluding hydrogens is 378 g/mol. The van der Waals surface area contributed by atoms with Gasteiger partial charge in [0, 0.05) is 11.6 Å². The fourth-order valence-corrected chi connectivity index (χ4v) is 4.85. The number of rotatable bonds is 7. The van der Waals surface area contributed by atoms with E-state index in [0.29, 0.717) is 12.6 Å². The Morgan fingerprint density at radius 3 is 2.72 bits per heavy atom. The zero-order valence-corrected chi connectivity index (χ0v) is 14.4. The second kappa shape index (κ2) is 6.64. The zero-order chi connectivity index (χ0) is 13.1. The molecule has 0 atom stereocenters. The lowest BCUT2D eigenvalue weighted by Gasteiger charge is -2.20. The summed E-state index contributed by atoms with van der Waals surface area (Å²) >= 11 is 8.45. The Morgan fingerprint density at radius 1 is 1.50 bits per heavy atom. The van der Waals surface area contributed by atoms with Gasteiger partial charge in [-0.3, -0.25) is 9.69 Å². The van der Waals surface area contributed by atoms with Gasteiger partial charge in [0.1, 0.15) is 0 Å². The largest absolute Gasteiger partial charge is 0.293 e. The fourth-order valence-electron chi connectivity index (χ4n) is 1.99. The van der Waals surface area contributed by atoms with Crippen molar-refractivity contribution in [2.24, 2.45) is 0 Å². The number of carbonyl (C=O) groups excluding carboxylic acids is 1. The van der Waals surface area contributed by atoms with E-state index in [-0.39, 0.29) is 5.78 Å². The molecule has 0 amide bonds. The SMILES string of the molecule is CCCCN(CC(=O)c1cc(Br)sc1Br)C1CC1. The van der Waals surface area contributed by atoms with Crippen LogP contribution in [0.2, 0.25) is 0 Å². The van der Waals surface area contributed by atoms with Gasteiger partial charge < -0.3 is 0 Å². The summed E-state index contributed by atoms with van der Waals surface area (Å²) in [4.78, 5) is 14.6. The molecule has 1 aromatic heterocycles. The Kier molecular flexibility index (Phi) is 5.42. The maximum Gasteiger partial charge on any atom is 0.178 e. The van der Waals surface area contributed by atoms with E-state index >= 15 is 0 Å². The van der Waals surface area contributed by atoms with E-state index in [4.69, 9.17) is 0 Å². The molecular formula is C13H17Br2NOS. The van der Waals surface area contributed by atoms with Crippen molar-refractivity contribution in [3.8, 4) is 0 Å². The number of thiophene rings is 1. The minimum absolute atomic E-state index is 0.229. The van der Waals surface area contributed by atoms with Crippen molar-refractivity contribution in [1.82, 2.24) is 4.90 Å². The quantitative estimate of drug-likeness (QED) is 0.623. The number of halogens is 2. The maximum absolute atomic E-state index is 12.3. The van der Waals surface area contributed by atoms with Gasteiger partial charge in [0.05, 0.1) is 14.1 Å². The lowest BCUT2D eigenvalue weighted by Crippen LogP contribution is -2.32. The second-order valence-corrected chi connectivity index (χ2v) is 8.47. The van der Waals surface area contributed by atoms with Crippen molar-refractivity contribution >= 4 is 49.0 Å². The summed E-state index contributed by atoms with van der Waals surface area (Å²) < 4.78 is 1.94. The number of carbonyl (C=O) groups is 1. The molecule has 0 aliphatic heterocycles. The van der Waals surface area contributed by atoms with Gasteiger partial charge in [-0.15, -0.1) is 11.3 Å². The van der Waals surface area contributed by atoms with Crippen molar-refractivity contribution in [2.45, 2.75) is 38.6 Å². The lowest BCUT2D eigenvalue weighted by atomic mass is 10.2. The maximum atomic E-state index is 12.3. The van der Waals surface area contributed by atoms with Crippen molar-refractivity contribution in [3.63, 3.8) is 0 Å². The highest BCUT2D eigenvalue weighted by Gasteiger charge is 2.30. The van der Waals surface area contributed by atoms with Crippen molar-refractivity contribution in [2.75, 3.05) is 13.1 Å². The highest BCUT2D eigenvalue weighted by atomic mass is 79.9. The van der Waals surface area contributed by atoms with Crippen LogP contribution in [-0.2, 0) is 0 Å². The molecule has 0 bridgehead atoms. The monoisotopic (exact) mass is 393 g/mol. The van der Waals surface area contributed by atoms with Crippen molar-refractivity contribution in [3.05, 3.63) is 19.2 Å². The van der Waals surface area contributed by atoms with E-state index in [2.05, 4.69) is 43.7 Å². The molecule has 0 saturated heterocycles. The molecule has 2 rings (SSSR count). The van der Waals surface area contributed by atoms with E-state index in [0.717, 1.165) is 19.7 Å². The topological polar surface area (TPSA) is 20.3 Å². The van der Waals surface area contributed by atoms with Crippen molar-refractivity contribution in [1.29, 1.82) is 0 Å². The summed E-state index contributed by atoms with van der Waals surface area (Å²) in [6, 6.07) is 2.57. The van der Waals surface area contributed by atoms with Crippen molar-refractivity contribution < 1.29 is 4.79 Å². The lowest BCUT2D eigenvalue weighted by molar-refractivity contribution is 0.0923. The molecule has 1 heterocycles. The minimum Gasteiger partial charge on any atom is -0.293 e. The Hall–Kier alpha value is 0.290. The Morgan fingerprint density at radius 2 is 2.22 bits per heavy atom. The molecule has 2 nitrogen and oxygen atoms in total. The van der Waals surface area contributed by atoms with Crippen LogP contribution >= 0.6 is 43.2 Å². The smallest absolute Gasteiger partial charge is 0.178 e. The van der Waals surface area contributed by atoms with Crippen LogP contribution in [-0.4, -0.2) is 29.8 Å². The molecule has 0 radical (unpaired) electrons. The van der Waals surface area contributed by atoms with Crippen LogP contribution < -0.4 is 0 Å². The van der Waals surface area contributed by atoms with Crippen LogP contribution in [0.3, 0.4) is 0 Å². The average molecular weight is 395 g/mol. The summed E-state index contributed by atoms with van der Waals surface area (Å²) in [7, 11) is 0. The van der Waals surface area contributed by atoms with Gasteiger partial charge in [-0.1, -0.05) is 13.3 Å². The normalized spacial score (nSPS) is 15.3. The minimum atomic E-state index is 0.229. The third kappa shape index (κ3) is 3.89. The number of Topliss-reactive ketones (excluding diaryl/α,β-unsaturated/α-hetero) is 1. The third-order valence-corrected chi connectivity index (χ3v) is 5.51. The summed E-state index contributed by atoms with van der Waals surface area (Å²) in [5.74, 6) is 0.229. The summed E-state index contributed by atoms with van der Waals surface area (Å²) in [5.41, 5.74) is 0.814.